The van der Waals surface area contributed by atoms with E-state index in [4.69, 9.17) is 15.5 Å². The Kier molecular flexibility index (Phi) is 5.69. The van der Waals surface area contributed by atoms with Gasteiger partial charge in [0.25, 0.3) is 0 Å². The smallest absolute Gasteiger partial charge is 0.167 e. The van der Waals surface area contributed by atoms with Crippen LogP contribution in [0.2, 0.25) is 0 Å². The first-order valence-electron chi connectivity index (χ1n) is 8.59. The van der Waals surface area contributed by atoms with Crippen molar-refractivity contribution in [1.82, 2.24) is 15.1 Å². The Bertz CT molecular complexity index is 1160. The summed E-state index contributed by atoms with van der Waals surface area (Å²) in [6.45, 7) is 1.96. The van der Waals surface area contributed by atoms with Crippen LogP contribution < -0.4 is 5.73 Å². The van der Waals surface area contributed by atoms with E-state index in [0.29, 0.717) is 12.1 Å². The van der Waals surface area contributed by atoms with Crippen LogP contribution in [0.3, 0.4) is 0 Å². The molecule has 1 atom stereocenters. The second-order valence-corrected chi connectivity index (χ2v) is 6.35. The highest BCUT2D eigenvalue weighted by molar-refractivity contribution is 5.92. The van der Waals surface area contributed by atoms with E-state index in [2.05, 4.69) is 21.2 Å². The molecule has 0 amide bonds. The van der Waals surface area contributed by atoms with Crippen LogP contribution in [0, 0.1) is 18.3 Å². The Morgan fingerprint density at radius 2 is 1.96 bits per heavy atom. The van der Waals surface area contributed by atoms with Crippen molar-refractivity contribution in [2.24, 2.45) is 5.73 Å². The topological polar surface area (TPSA) is 102 Å². The molecule has 28 heavy (non-hydrogen) atoms. The zero-order chi connectivity index (χ0) is 18.8. The number of rotatable bonds is 4. The third-order valence-electron chi connectivity index (χ3n) is 4.55. The summed E-state index contributed by atoms with van der Waals surface area (Å²) >= 11 is 0. The Morgan fingerprint density at radius 3 is 2.79 bits per heavy atom. The number of halogens is 1. The van der Waals surface area contributed by atoms with Gasteiger partial charge in [0.15, 0.2) is 5.58 Å². The average molecular weight is 392 g/mol. The number of hydrogen-bond acceptors (Lipinski definition) is 6. The Morgan fingerprint density at radius 1 is 1.14 bits per heavy atom. The maximum absolute atomic E-state index is 9.10. The summed E-state index contributed by atoms with van der Waals surface area (Å²) in [6.07, 6.45) is 2.19. The summed E-state index contributed by atoms with van der Waals surface area (Å²) in [5.41, 5.74) is 11.7. The molecular weight excluding hydrogens is 374 g/mol. The zero-order valence-corrected chi connectivity index (χ0v) is 16.0. The van der Waals surface area contributed by atoms with Crippen molar-refractivity contribution >= 4 is 23.4 Å². The highest BCUT2D eigenvalue weighted by Crippen LogP contribution is 2.32. The van der Waals surface area contributed by atoms with Crippen molar-refractivity contribution in [1.29, 1.82) is 5.26 Å². The Labute approximate surface area is 168 Å². The molecule has 0 spiro atoms. The Hall–Kier alpha value is -3.27. The molecule has 140 valence electrons. The predicted octanol–water partition coefficient (Wildman–Crippen LogP) is 4.13. The molecule has 0 radical (unpaired) electrons. The largest absolute Gasteiger partial charge is 0.356 e. The normalized spacial score (nSPS) is 11.6. The summed E-state index contributed by atoms with van der Waals surface area (Å²) < 4.78 is 5.44. The number of para-hydroxylation sites is 1. The van der Waals surface area contributed by atoms with E-state index in [1.54, 1.807) is 12.3 Å². The van der Waals surface area contributed by atoms with E-state index in [1.165, 1.54) is 0 Å². The van der Waals surface area contributed by atoms with Crippen LogP contribution in [0.25, 0.3) is 22.2 Å². The standard InChI is InChI=1S/C21H17N5O.ClH/c1-13-8-9-14(12-22)25-18(13)11-17(23)21-16(6-4-10-24-21)20-15-5-2-3-7-19(15)27-26-20;/h2-10,17H,11,23H2,1H3;1H. The molecule has 0 aliphatic heterocycles. The van der Waals surface area contributed by atoms with Gasteiger partial charge in [0.05, 0.1) is 11.7 Å². The fourth-order valence-corrected chi connectivity index (χ4v) is 3.14. The number of nitriles is 1. The molecule has 0 aliphatic rings. The SMILES string of the molecule is Cc1ccc(C#N)nc1CC(N)c1ncccc1-c1noc2ccccc12.Cl. The van der Waals surface area contributed by atoms with E-state index in [1.807, 2.05) is 49.4 Å². The van der Waals surface area contributed by atoms with Crippen molar-refractivity contribution in [3.63, 3.8) is 0 Å². The minimum Gasteiger partial charge on any atom is -0.356 e. The van der Waals surface area contributed by atoms with Gasteiger partial charge in [0, 0.05) is 29.3 Å². The van der Waals surface area contributed by atoms with Gasteiger partial charge in [-0.1, -0.05) is 23.4 Å². The van der Waals surface area contributed by atoms with Gasteiger partial charge < -0.3 is 10.3 Å². The van der Waals surface area contributed by atoms with Crippen molar-refractivity contribution in [3.8, 4) is 17.3 Å². The lowest BCUT2D eigenvalue weighted by molar-refractivity contribution is 0.459. The molecule has 4 aromatic rings. The number of fused-ring (bicyclic) bond motifs is 1. The molecule has 0 saturated carbocycles. The van der Waals surface area contributed by atoms with E-state index in [9.17, 15) is 0 Å². The minimum atomic E-state index is -0.392. The summed E-state index contributed by atoms with van der Waals surface area (Å²) in [4.78, 5) is 8.91. The van der Waals surface area contributed by atoms with Gasteiger partial charge in [-0.3, -0.25) is 4.98 Å². The van der Waals surface area contributed by atoms with Crippen molar-refractivity contribution in [3.05, 3.63) is 77.4 Å². The van der Waals surface area contributed by atoms with Gasteiger partial charge in [-0.05, 0) is 42.8 Å². The molecule has 7 heteroatoms. The monoisotopic (exact) mass is 391 g/mol. The van der Waals surface area contributed by atoms with Gasteiger partial charge in [0.2, 0.25) is 0 Å². The first kappa shape index (κ1) is 19.5. The second kappa shape index (κ2) is 8.17. The molecule has 0 bridgehead atoms. The van der Waals surface area contributed by atoms with Crippen LogP contribution >= 0.6 is 12.4 Å². The number of pyridine rings is 2. The number of nitrogens with zero attached hydrogens (tertiary/aromatic N) is 4. The second-order valence-electron chi connectivity index (χ2n) is 6.35. The van der Waals surface area contributed by atoms with Crippen LogP contribution in [0.1, 0.15) is 28.7 Å². The predicted molar refractivity (Wildman–Crippen MR) is 109 cm³/mol. The van der Waals surface area contributed by atoms with Crippen LogP contribution in [-0.2, 0) is 6.42 Å². The maximum Gasteiger partial charge on any atom is 0.167 e. The van der Waals surface area contributed by atoms with E-state index in [0.717, 1.165) is 39.2 Å². The van der Waals surface area contributed by atoms with Crippen LogP contribution in [-0.4, -0.2) is 15.1 Å². The number of hydrogen-bond donors (Lipinski definition) is 1. The summed E-state index contributed by atoms with van der Waals surface area (Å²) in [7, 11) is 0. The first-order valence-corrected chi connectivity index (χ1v) is 8.59. The highest BCUT2D eigenvalue weighted by Gasteiger charge is 2.20. The number of benzene rings is 1. The first-order chi connectivity index (χ1) is 13.2. The number of nitrogens with two attached hydrogens (primary N) is 1. The number of aryl methyl sites for hydroxylation is 1. The van der Waals surface area contributed by atoms with E-state index < -0.39 is 6.04 Å². The van der Waals surface area contributed by atoms with Gasteiger partial charge in [-0.2, -0.15) is 5.26 Å². The molecule has 6 nitrogen and oxygen atoms in total. The lowest BCUT2D eigenvalue weighted by atomic mass is 9.98. The molecule has 4 rings (SSSR count). The molecular formula is C21H18ClN5O. The molecule has 1 unspecified atom stereocenters. The minimum absolute atomic E-state index is 0. The zero-order valence-electron chi connectivity index (χ0n) is 15.2. The molecule has 3 aromatic heterocycles. The van der Waals surface area contributed by atoms with Gasteiger partial charge >= 0.3 is 0 Å². The van der Waals surface area contributed by atoms with Gasteiger partial charge in [-0.25, -0.2) is 4.98 Å². The average Bonchev–Trinajstić information content (AvgIpc) is 3.13. The van der Waals surface area contributed by atoms with Gasteiger partial charge in [0.1, 0.15) is 17.5 Å². The molecule has 0 aliphatic carbocycles. The highest BCUT2D eigenvalue weighted by atomic mass is 35.5. The lowest BCUT2D eigenvalue weighted by Gasteiger charge is -2.15. The lowest BCUT2D eigenvalue weighted by Crippen LogP contribution is -2.17. The summed E-state index contributed by atoms with van der Waals surface area (Å²) in [5.74, 6) is 0. The Balaban J connectivity index is 0.00000225. The van der Waals surface area contributed by atoms with Crippen molar-refractivity contribution in [2.45, 2.75) is 19.4 Å². The van der Waals surface area contributed by atoms with Crippen molar-refractivity contribution < 1.29 is 4.52 Å². The maximum atomic E-state index is 9.10. The van der Waals surface area contributed by atoms with Crippen molar-refractivity contribution in [2.75, 3.05) is 0 Å². The van der Waals surface area contributed by atoms with Crippen LogP contribution in [0.5, 0.6) is 0 Å². The molecule has 3 heterocycles. The summed E-state index contributed by atoms with van der Waals surface area (Å²) in [6, 6.07) is 16.8. The van der Waals surface area contributed by atoms with Gasteiger partial charge in [-0.15, -0.1) is 12.4 Å². The molecule has 1 aromatic carbocycles. The fraction of sp³-hybridized carbons (Fsp3) is 0.143. The fourth-order valence-electron chi connectivity index (χ4n) is 3.14. The molecule has 0 fully saturated rings. The van der Waals surface area contributed by atoms with Crippen LogP contribution in [0.15, 0.2) is 59.3 Å². The molecule has 2 N–H and O–H groups in total. The summed E-state index contributed by atoms with van der Waals surface area (Å²) in [5, 5.41) is 14.2. The number of aromatic nitrogens is 3. The van der Waals surface area contributed by atoms with Crippen LogP contribution in [0.4, 0.5) is 0 Å². The quantitative estimate of drug-likeness (QED) is 0.561. The van der Waals surface area contributed by atoms with E-state index >= 15 is 0 Å². The van der Waals surface area contributed by atoms with E-state index in [-0.39, 0.29) is 12.4 Å². The molecule has 0 saturated heterocycles. The third-order valence-corrected chi connectivity index (χ3v) is 4.55. The third kappa shape index (κ3) is 3.58.